The average molecular weight is 376 g/mol. The summed E-state index contributed by atoms with van der Waals surface area (Å²) in [5.74, 6) is 0.970. The highest BCUT2D eigenvalue weighted by Gasteiger charge is 2.31. The second-order valence-corrected chi connectivity index (χ2v) is 8.33. The highest BCUT2D eigenvalue weighted by molar-refractivity contribution is 7.91. The van der Waals surface area contributed by atoms with Crippen molar-refractivity contribution < 1.29 is 17.9 Å². The van der Waals surface area contributed by atoms with Gasteiger partial charge in [0.25, 0.3) is 0 Å². The quantitative estimate of drug-likeness (QED) is 0.786. The molecule has 26 heavy (non-hydrogen) atoms. The number of hydrogen-bond acceptors (Lipinski definition) is 8. The molecule has 2 aromatic rings. The number of methoxy groups -OCH3 is 1. The summed E-state index contributed by atoms with van der Waals surface area (Å²) < 4.78 is 28.0. The third kappa shape index (κ3) is 4.10. The number of carbonyl (C=O) groups excluding carboxylic acids is 1. The molecule has 1 saturated heterocycles. The van der Waals surface area contributed by atoms with Crippen LogP contribution in [0.25, 0.3) is 0 Å². The summed E-state index contributed by atoms with van der Waals surface area (Å²) in [4.78, 5) is 22.0. The van der Waals surface area contributed by atoms with Gasteiger partial charge in [-0.2, -0.15) is 4.98 Å². The van der Waals surface area contributed by atoms with Gasteiger partial charge in [0.2, 0.25) is 5.95 Å². The van der Waals surface area contributed by atoms with Gasteiger partial charge in [0.15, 0.2) is 9.84 Å². The lowest BCUT2D eigenvalue weighted by Crippen LogP contribution is -2.33. The second kappa shape index (κ2) is 7.28. The van der Waals surface area contributed by atoms with Crippen LogP contribution >= 0.6 is 0 Å². The molecule has 0 saturated carbocycles. The number of rotatable bonds is 5. The number of carbonyl (C=O) groups is 1. The van der Waals surface area contributed by atoms with Crippen molar-refractivity contribution in [3.05, 3.63) is 42.1 Å². The van der Waals surface area contributed by atoms with Gasteiger partial charge >= 0.3 is 5.97 Å². The number of esters is 1. The molecule has 0 amide bonds. The number of hydrogen-bond donors (Lipinski definition) is 1. The van der Waals surface area contributed by atoms with Crippen LogP contribution in [0.5, 0.6) is 0 Å². The van der Waals surface area contributed by atoms with E-state index in [0.717, 1.165) is 5.69 Å². The zero-order valence-corrected chi connectivity index (χ0v) is 15.4. The average Bonchev–Trinajstić information content (AvgIpc) is 3.01. The lowest BCUT2D eigenvalue weighted by molar-refractivity contribution is 0.0601. The molecule has 1 aliphatic heterocycles. The Morgan fingerprint density at radius 2 is 2.00 bits per heavy atom. The fourth-order valence-corrected chi connectivity index (χ4v) is 4.56. The van der Waals surface area contributed by atoms with Crippen LogP contribution in [0.2, 0.25) is 0 Å². The number of ether oxygens (including phenoxy) is 1. The predicted octanol–water partition coefficient (Wildman–Crippen LogP) is 1.63. The number of nitrogens with one attached hydrogen (secondary N) is 1. The first-order valence-electron chi connectivity index (χ1n) is 8.10. The Morgan fingerprint density at radius 1 is 1.27 bits per heavy atom. The van der Waals surface area contributed by atoms with E-state index in [0.29, 0.717) is 23.8 Å². The Bertz CT molecular complexity index is 899. The number of benzene rings is 1. The highest BCUT2D eigenvalue weighted by Crippen LogP contribution is 2.22. The van der Waals surface area contributed by atoms with Crippen molar-refractivity contribution in [1.82, 2.24) is 9.97 Å². The van der Waals surface area contributed by atoms with Crippen molar-refractivity contribution in [2.75, 3.05) is 35.9 Å². The Hall–Kier alpha value is -2.68. The predicted molar refractivity (Wildman–Crippen MR) is 98.6 cm³/mol. The summed E-state index contributed by atoms with van der Waals surface area (Å²) in [6, 6.07) is 8.42. The van der Waals surface area contributed by atoms with Gasteiger partial charge in [-0.3, -0.25) is 0 Å². The van der Waals surface area contributed by atoms with Crippen LogP contribution in [0.15, 0.2) is 36.5 Å². The summed E-state index contributed by atoms with van der Waals surface area (Å²) in [6.45, 7) is 0. The van der Waals surface area contributed by atoms with E-state index in [1.807, 2.05) is 0 Å². The minimum absolute atomic E-state index is 0.116. The summed E-state index contributed by atoms with van der Waals surface area (Å²) in [6.07, 6.45) is 2.20. The number of sulfone groups is 1. The van der Waals surface area contributed by atoms with Crippen LogP contribution in [0.1, 0.15) is 16.8 Å². The van der Waals surface area contributed by atoms with Crippen molar-refractivity contribution in [3.63, 3.8) is 0 Å². The van der Waals surface area contributed by atoms with Crippen molar-refractivity contribution in [1.29, 1.82) is 0 Å². The summed E-state index contributed by atoms with van der Waals surface area (Å²) in [5, 5.41) is 3.14. The molecule has 1 aromatic heterocycles. The Labute approximate surface area is 152 Å². The first kappa shape index (κ1) is 18.1. The smallest absolute Gasteiger partial charge is 0.337 e. The third-order valence-electron chi connectivity index (χ3n) is 4.29. The molecule has 1 aromatic carbocycles. The molecule has 0 bridgehead atoms. The largest absolute Gasteiger partial charge is 0.465 e. The van der Waals surface area contributed by atoms with Gasteiger partial charge in [-0.15, -0.1) is 0 Å². The highest BCUT2D eigenvalue weighted by atomic mass is 32.2. The molecule has 2 heterocycles. The van der Waals surface area contributed by atoms with Crippen molar-refractivity contribution in [2.24, 2.45) is 0 Å². The topological polar surface area (TPSA) is 101 Å². The molecule has 3 rings (SSSR count). The molecule has 1 fully saturated rings. The molecule has 1 unspecified atom stereocenters. The fourth-order valence-electron chi connectivity index (χ4n) is 2.79. The molecule has 0 radical (unpaired) electrons. The maximum Gasteiger partial charge on any atom is 0.337 e. The maximum absolute atomic E-state index is 11.7. The fraction of sp³-hybridized carbons (Fsp3) is 0.353. The SMILES string of the molecule is COC(=O)c1ccc(Nc2ccnc(N(C)C3CCS(=O)(=O)C3)n2)cc1. The van der Waals surface area contributed by atoms with Crippen molar-refractivity contribution in [2.45, 2.75) is 12.5 Å². The van der Waals surface area contributed by atoms with E-state index in [9.17, 15) is 13.2 Å². The van der Waals surface area contributed by atoms with E-state index in [-0.39, 0.29) is 17.5 Å². The Balaban J connectivity index is 1.72. The van der Waals surface area contributed by atoms with E-state index in [1.165, 1.54) is 7.11 Å². The minimum Gasteiger partial charge on any atom is -0.465 e. The lowest BCUT2D eigenvalue weighted by atomic mass is 10.2. The van der Waals surface area contributed by atoms with Crippen LogP contribution in [0, 0.1) is 0 Å². The van der Waals surface area contributed by atoms with E-state index in [4.69, 9.17) is 0 Å². The van der Waals surface area contributed by atoms with Crippen LogP contribution < -0.4 is 10.2 Å². The lowest BCUT2D eigenvalue weighted by Gasteiger charge is -2.23. The summed E-state index contributed by atoms with van der Waals surface area (Å²) in [5.41, 5.74) is 1.22. The Morgan fingerprint density at radius 3 is 2.62 bits per heavy atom. The van der Waals surface area contributed by atoms with Gasteiger partial charge < -0.3 is 15.0 Å². The zero-order valence-electron chi connectivity index (χ0n) is 14.5. The Kier molecular flexibility index (Phi) is 5.08. The van der Waals surface area contributed by atoms with E-state index in [2.05, 4.69) is 20.0 Å². The van der Waals surface area contributed by atoms with Crippen LogP contribution in [-0.2, 0) is 14.6 Å². The van der Waals surface area contributed by atoms with Crippen LogP contribution in [0.3, 0.4) is 0 Å². The number of aromatic nitrogens is 2. The summed E-state index contributed by atoms with van der Waals surface area (Å²) >= 11 is 0. The molecular weight excluding hydrogens is 356 g/mol. The maximum atomic E-state index is 11.7. The molecule has 1 N–H and O–H groups in total. The van der Waals surface area contributed by atoms with E-state index in [1.54, 1.807) is 48.5 Å². The van der Waals surface area contributed by atoms with E-state index < -0.39 is 15.8 Å². The first-order valence-corrected chi connectivity index (χ1v) is 9.92. The van der Waals surface area contributed by atoms with Crippen LogP contribution in [0.4, 0.5) is 17.5 Å². The zero-order chi connectivity index (χ0) is 18.7. The molecule has 0 aliphatic carbocycles. The first-order chi connectivity index (χ1) is 12.4. The molecule has 138 valence electrons. The van der Waals surface area contributed by atoms with Crippen LogP contribution in [-0.4, -0.2) is 56.1 Å². The number of anilines is 3. The van der Waals surface area contributed by atoms with Gasteiger partial charge in [-0.05, 0) is 36.8 Å². The summed E-state index contributed by atoms with van der Waals surface area (Å²) in [7, 11) is 0.167. The number of nitrogens with zero attached hydrogens (tertiary/aromatic N) is 3. The molecule has 1 atom stereocenters. The van der Waals surface area contributed by atoms with Gasteiger partial charge in [-0.1, -0.05) is 0 Å². The van der Waals surface area contributed by atoms with Crippen molar-refractivity contribution >= 4 is 33.3 Å². The van der Waals surface area contributed by atoms with Gasteiger partial charge in [0, 0.05) is 25.0 Å². The third-order valence-corrected chi connectivity index (χ3v) is 6.04. The van der Waals surface area contributed by atoms with E-state index >= 15 is 0 Å². The standard InChI is InChI=1S/C17H20N4O4S/c1-21(14-8-10-26(23,24)11-14)17-18-9-7-15(20-17)19-13-5-3-12(4-6-13)16(22)25-2/h3-7,9,14H,8,10-11H2,1-2H3,(H,18,19,20). The van der Waals surface area contributed by atoms with Gasteiger partial charge in [0.1, 0.15) is 5.82 Å². The molecule has 9 heteroatoms. The molecule has 1 aliphatic rings. The minimum atomic E-state index is -2.97. The van der Waals surface area contributed by atoms with Gasteiger partial charge in [-0.25, -0.2) is 18.2 Å². The monoisotopic (exact) mass is 376 g/mol. The van der Waals surface area contributed by atoms with Gasteiger partial charge in [0.05, 0.1) is 24.2 Å². The molecule has 8 nitrogen and oxygen atoms in total. The normalized spacial score (nSPS) is 18.3. The molecular formula is C17H20N4O4S. The molecule has 0 spiro atoms. The second-order valence-electron chi connectivity index (χ2n) is 6.10. The van der Waals surface area contributed by atoms with Crippen molar-refractivity contribution in [3.8, 4) is 0 Å².